The highest BCUT2D eigenvalue weighted by atomic mass is 16.2. The zero-order chi connectivity index (χ0) is 9.97. The van der Waals surface area contributed by atoms with Gasteiger partial charge in [-0.2, -0.15) is 0 Å². The van der Waals surface area contributed by atoms with Gasteiger partial charge in [-0.1, -0.05) is 0 Å². The van der Waals surface area contributed by atoms with Crippen molar-refractivity contribution >= 4 is 11.6 Å². The minimum Gasteiger partial charge on any atom is -0.366 e. The van der Waals surface area contributed by atoms with E-state index in [1.165, 1.54) is 18.5 Å². The molecule has 5 nitrogen and oxygen atoms in total. The lowest BCUT2D eigenvalue weighted by Crippen LogP contribution is -2.48. The number of amides is 1. The van der Waals surface area contributed by atoms with Crippen LogP contribution in [0.15, 0.2) is 23.3 Å². The highest BCUT2D eigenvalue weighted by Gasteiger charge is 2.25. The first-order chi connectivity index (χ1) is 6.77. The summed E-state index contributed by atoms with van der Waals surface area (Å²) < 4.78 is 0. The molecule has 2 rings (SSSR count). The molecule has 0 unspecified atom stereocenters. The van der Waals surface area contributed by atoms with E-state index in [4.69, 9.17) is 0 Å². The largest absolute Gasteiger partial charge is 0.366 e. The maximum atomic E-state index is 11.4. The number of rotatable bonds is 2. The van der Waals surface area contributed by atoms with Crippen LogP contribution < -0.4 is 16.1 Å². The molecule has 2 heterocycles. The zero-order valence-corrected chi connectivity index (χ0v) is 7.54. The number of hydrogen-bond donors (Lipinski definition) is 3. The van der Waals surface area contributed by atoms with Gasteiger partial charge in [0.2, 0.25) is 11.3 Å². The van der Waals surface area contributed by atoms with E-state index in [2.05, 4.69) is 15.6 Å². The van der Waals surface area contributed by atoms with Crippen LogP contribution in [0.4, 0.5) is 5.69 Å². The van der Waals surface area contributed by atoms with Gasteiger partial charge in [0.25, 0.3) is 0 Å². The van der Waals surface area contributed by atoms with Crippen molar-refractivity contribution in [1.82, 2.24) is 10.3 Å². The van der Waals surface area contributed by atoms with E-state index in [0.29, 0.717) is 18.8 Å². The molecule has 0 atom stereocenters. The van der Waals surface area contributed by atoms with Gasteiger partial charge in [-0.15, -0.1) is 0 Å². The lowest BCUT2D eigenvalue weighted by Gasteiger charge is -2.25. The van der Waals surface area contributed by atoms with Crippen molar-refractivity contribution in [3.63, 3.8) is 0 Å². The van der Waals surface area contributed by atoms with Gasteiger partial charge in [-0.3, -0.25) is 9.59 Å². The molecule has 1 fully saturated rings. The SMILES string of the molecule is O=C(Nc1c[nH]ccc1=O)C1CNC1. The van der Waals surface area contributed by atoms with E-state index in [-0.39, 0.29) is 17.3 Å². The molecule has 1 aliphatic heterocycles. The quantitative estimate of drug-likeness (QED) is 0.594. The Kier molecular flexibility index (Phi) is 2.32. The van der Waals surface area contributed by atoms with Crippen molar-refractivity contribution in [2.45, 2.75) is 0 Å². The first-order valence-electron chi connectivity index (χ1n) is 4.46. The number of carbonyl (C=O) groups is 1. The van der Waals surface area contributed by atoms with Crippen LogP contribution >= 0.6 is 0 Å². The van der Waals surface area contributed by atoms with Crippen LogP contribution in [0.3, 0.4) is 0 Å². The smallest absolute Gasteiger partial charge is 0.230 e. The van der Waals surface area contributed by atoms with Gasteiger partial charge < -0.3 is 15.6 Å². The molecule has 1 aromatic heterocycles. The summed E-state index contributed by atoms with van der Waals surface area (Å²) in [5.74, 6) is -0.102. The predicted molar refractivity (Wildman–Crippen MR) is 52.1 cm³/mol. The van der Waals surface area contributed by atoms with Gasteiger partial charge in [0.15, 0.2) is 0 Å². The van der Waals surface area contributed by atoms with E-state index in [9.17, 15) is 9.59 Å². The third kappa shape index (κ3) is 1.67. The summed E-state index contributed by atoms with van der Waals surface area (Å²) in [5.41, 5.74) is 0.133. The molecule has 1 aromatic rings. The van der Waals surface area contributed by atoms with Crippen molar-refractivity contribution in [3.8, 4) is 0 Å². The Hall–Kier alpha value is -1.62. The highest BCUT2D eigenvalue weighted by molar-refractivity contribution is 5.93. The minimum atomic E-state index is -0.176. The summed E-state index contributed by atoms with van der Waals surface area (Å²) in [4.78, 5) is 25.4. The molecule has 1 aliphatic rings. The summed E-state index contributed by atoms with van der Waals surface area (Å²) in [6.07, 6.45) is 3.02. The first-order valence-corrected chi connectivity index (χ1v) is 4.46. The van der Waals surface area contributed by atoms with Crippen molar-refractivity contribution in [2.24, 2.45) is 5.92 Å². The van der Waals surface area contributed by atoms with Crippen LogP contribution in [0.5, 0.6) is 0 Å². The molecule has 3 N–H and O–H groups in total. The normalized spacial score (nSPS) is 16.0. The molecule has 0 spiro atoms. The second-order valence-electron chi connectivity index (χ2n) is 3.27. The Bertz CT molecular complexity index is 395. The second kappa shape index (κ2) is 3.63. The Balaban J connectivity index is 2.06. The Morgan fingerprint density at radius 3 is 2.86 bits per heavy atom. The van der Waals surface area contributed by atoms with Crippen LogP contribution in [-0.4, -0.2) is 24.0 Å². The predicted octanol–water partition coefficient (Wildman–Crippen LogP) is -0.467. The van der Waals surface area contributed by atoms with Gasteiger partial charge in [0.05, 0.1) is 5.92 Å². The van der Waals surface area contributed by atoms with Crippen molar-refractivity contribution in [2.75, 3.05) is 18.4 Å². The van der Waals surface area contributed by atoms with Crippen molar-refractivity contribution < 1.29 is 4.79 Å². The molecule has 1 saturated heterocycles. The standard InChI is InChI=1S/C9H11N3O2/c13-8-1-2-10-5-7(8)12-9(14)6-3-11-4-6/h1-2,5-6,11H,3-4H2,(H,10,13)(H,12,14). The van der Waals surface area contributed by atoms with Gasteiger partial charge in [0.1, 0.15) is 5.69 Å². The van der Waals surface area contributed by atoms with Crippen molar-refractivity contribution in [3.05, 3.63) is 28.7 Å². The van der Waals surface area contributed by atoms with Gasteiger partial charge in [-0.25, -0.2) is 0 Å². The highest BCUT2D eigenvalue weighted by Crippen LogP contribution is 2.06. The number of aromatic amines is 1. The molecule has 0 radical (unpaired) electrons. The number of nitrogens with one attached hydrogen (secondary N) is 3. The van der Waals surface area contributed by atoms with E-state index >= 15 is 0 Å². The number of aromatic nitrogens is 1. The fraction of sp³-hybridized carbons (Fsp3) is 0.333. The number of anilines is 1. The molecular formula is C9H11N3O2. The topological polar surface area (TPSA) is 74.0 Å². The van der Waals surface area contributed by atoms with Gasteiger partial charge in [0, 0.05) is 31.5 Å². The van der Waals surface area contributed by atoms with Crippen LogP contribution in [0.2, 0.25) is 0 Å². The number of hydrogen-bond acceptors (Lipinski definition) is 3. The number of pyridine rings is 1. The summed E-state index contributed by atoms with van der Waals surface area (Å²) in [7, 11) is 0. The van der Waals surface area contributed by atoms with E-state index in [1.54, 1.807) is 0 Å². The van der Waals surface area contributed by atoms with E-state index < -0.39 is 0 Å². The third-order valence-electron chi connectivity index (χ3n) is 2.23. The summed E-state index contributed by atoms with van der Waals surface area (Å²) >= 11 is 0. The molecule has 0 aliphatic carbocycles. The summed E-state index contributed by atoms with van der Waals surface area (Å²) in [6, 6.07) is 1.38. The fourth-order valence-corrected chi connectivity index (χ4v) is 1.22. The van der Waals surface area contributed by atoms with Gasteiger partial charge >= 0.3 is 0 Å². The molecule has 74 valence electrons. The van der Waals surface area contributed by atoms with Crippen LogP contribution in [0.1, 0.15) is 0 Å². The lowest BCUT2D eigenvalue weighted by atomic mass is 10.0. The fourth-order valence-electron chi connectivity index (χ4n) is 1.22. The Morgan fingerprint density at radius 1 is 1.50 bits per heavy atom. The Morgan fingerprint density at radius 2 is 2.29 bits per heavy atom. The minimum absolute atomic E-state index is 0.00499. The van der Waals surface area contributed by atoms with Crippen LogP contribution in [-0.2, 0) is 4.79 Å². The third-order valence-corrected chi connectivity index (χ3v) is 2.23. The average Bonchev–Trinajstić information content (AvgIpc) is 2.05. The average molecular weight is 193 g/mol. The van der Waals surface area contributed by atoms with Crippen molar-refractivity contribution in [1.29, 1.82) is 0 Å². The number of carbonyl (C=O) groups excluding carboxylic acids is 1. The maximum Gasteiger partial charge on any atom is 0.230 e. The summed E-state index contributed by atoms with van der Waals surface area (Å²) in [5, 5.41) is 5.59. The zero-order valence-electron chi connectivity index (χ0n) is 7.54. The first kappa shape index (κ1) is 8.96. The summed E-state index contributed by atoms with van der Waals surface area (Å²) in [6.45, 7) is 1.38. The lowest BCUT2D eigenvalue weighted by molar-refractivity contribution is -0.121. The molecule has 0 saturated carbocycles. The van der Waals surface area contributed by atoms with Crippen LogP contribution in [0.25, 0.3) is 0 Å². The molecule has 0 aromatic carbocycles. The Labute approximate surface area is 80.5 Å². The molecule has 0 bridgehead atoms. The second-order valence-corrected chi connectivity index (χ2v) is 3.27. The van der Waals surface area contributed by atoms with Gasteiger partial charge in [-0.05, 0) is 0 Å². The molecular weight excluding hydrogens is 182 g/mol. The maximum absolute atomic E-state index is 11.4. The number of H-pyrrole nitrogens is 1. The molecule has 5 heteroatoms. The van der Waals surface area contributed by atoms with Crippen LogP contribution in [0, 0.1) is 5.92 Å². The van der Waals surface area contributed by atoms with E-state index in [1.807, 2.05) is 0 Å². The molecule has 1 amide bonds. The van der Waals surface area contributed by atoms with E-state index in [0.717, 1.165) is 0 Å². The molecule has 14 heavy (non-hydrogen) atoms. The monoisotopic (exact) mass is 193 g/mol.